The third-order valence-corrected chi connectivity index (χ3v) is 2.57. The van der Waals surface area contributed by atoms with Crippen LogP contribution in [0.3, 0.4) is 0 Å². The molecule has 0 fully saturated rings. The summed E-state index contributed by atoms with van der Waals surface area (Å²) >= 11 is 0. The Labute approximate surface area is 94.3 Å². The minimum atomic E-state index is -0.974. The molecule has 0 radical (unpaired) electrons. The molecule has 1 unspecified atom stereocenters. The van der Waals surface area contributed by atoms with Crippen LogP contribution >= 0.6 is 0 Å². The predicted octanol–water partition coefficient (Wildman–Crippen LogP) is 1.51. The molecule has 1 heterocycles. The molecule has 5 heteroatoms. The number of aliphatic carboxylic acids is 1. The van der Waals surface area contributed by atoms with Crippen LogP contribution in [0.1, 0.15) is 39.8 Å². The summed E-state index contributed by atoms with van der Waals surface area (Å²) < 4.78 is 2.81. The van der Waals surface area contributed by atoms with Gasteiger partial charge in [0, 0.05) is 18.4 Å². The number of carboxylic acids is 1. The number of carbonyl (C=O) groups is 1. The molecular weight excluding hydrogens is 208 g/mol. The Morgan fingerprint density at radius 1 is 1.19 bits per heavy atom. The van der Waals surface area contributed by atoms with Crippen molar-refractivity contribution < 1.29 is 9.90 Å². The summed E-state index contributed by atoms with van der Waals surface area (Å²) in [5.74, 6) is -1.10. The van der Waals surface area contributed by atoms with Gasteiger partial charge in [0.05, 0.1) is 0 Å². The lowest BCUT2D eigenvalue weighted by Gasteiger charge is -2.16. The molecule has 1 aromatic heterocycles. The molecule has 0 aliphatic heterocycles. The maximum Gasteiger partial charge on any atom is 0.329 e. The maximum atomic E-state index is 11.9. The molecule has 0 spiro atoms. The topological polar surface area (TPSA) is 64.2 Å². The van der Waals surface area contributed by atoms with E-state index in [1.54, 1.807) is 26.2 Å². The van der Waals surface area contributed by atoms with Gasteiger partial charge in [-0.1, -0.05) is 13.8 Å². The van der Waals surface area contributed by atoms with Crippen molar-refractivity contribution in [2.24, 2.45) is 5.92 Å². The molecule has 1 atom stereocenters. The lowest BCUT2D eigenvalue weighted by molar-refractivity contribution is -0.142. The van der Waals surface area contributed by atoms with Crippen molar-refractivity contribution in [2.45, 2.75) is 39.8 Å². The Bertz CT molecular complexity index is 429. The second kappa shape index (κ2) is 4.55. The van der Waals surface area contributed by atoms with Crippen LogP contribution in [0.25, 0.3) is 0 Å². The van der Waals surface area contributed by atoms with E-state index in [4.69, 9.17) is 5.11 Å². The first-order valence-electron chi connectivity index (χ1n) is 5.38. The van der Waals surface area contributed by atoms with Crippen molar-refractivity contribution in [2.75, 3.05) is 0 Å². The van der Waals surface area contributed by atoms with Gasteiger partial charge in [0.25, 0.3) is 0 Å². The minimum absolute atomic E-state index is 0.0374. The van der Waals surface area contributed by atoms with Crippen LogP contribution < -0.4 is 5.69 Å². The fourth-order valence-electron chi connectivity index (χ4n) is 1.73. The smallest absolute Gasteiger partial charge is 0.329 e. The highest BCUT2D eigenvalue weighted by molar-refractivity contribution is 5.72. The largest absolute Gasteiger partial charge is 0.480 e. The van der Waals surface area contributed by atoms with Crippen LogP contribution in [0.15, 0.2) is 17.2 Å². The molecule has 16 heavy (non-hydrogen) atoms. The van der Waals surface area contributed by atoms with E-state index in [2.05, 4.69) is 0 Å². The van der Waals surface area contributed by atoms with E-state index in [1.807, 2.05) is 13.8 Å². The van der Waals surface area contributed by atoms with Gasteiger partial charge in [-0.05, 0) is 19.8 Å². The Morgan fingerprint density at radius 2 is 1.69 bits per heavy atom. The minimum Gasteiger partial charge on any atom is -0.480 e. The summed E-state index contributed by atoms with van der Waals surface area (Å²) in [6.07, 6.45) is 3.17. The SMILES string of the molecule is CC(C)C(C(=O)O)n1ccn(C(C)C)c1=O. The average molecular weight is 226 g/mol. The second-order valence-corrected chi connectivity index (χ2v) is 4.52. The monoisotopic (exact) mass is 226 g/mol. The zero-order valence-electron chi connectivity index (χ0n) is 10.0. The highest BCUT2D eigenvalue weighted by Gasteiger charge is 2.25. The van der Waals surface area contributed by atoms with E-state index < -0.39 is 12.0 Å². The lowest BCUT2D eigenvalue weighted by Crippen LogP contribution is -2.34. The van der Waals surface area contributed by atoms with Gasteiger partial charge in [-0.15, -0.1) is 0 Å². The summed E-state index contributed by atoms with van der Waals surface area (Å²) in [6, 6.07) is -0.761. The van der Waals surface area contributed by atoms with Gasteiger partial charge >= 0.3 is 11.7 Å². The van der Waals surface area contributed by atoms with E-state index in [0.29, 0.717) is 0 Å². The molecule has 1 aromatic rings. The second-order valence-electron chi connectivity index (χ2n) is 4.52. The first kappa shape index (κ1) is 12.5. The van der Waals surface area contributed by atoms with Crippen molar-refractivity contribution in [3.63, 3.8) is 0 Å². The molecule has 0 bridgehead atoms. The van der Waals surface area contributed by atoms with E-state index in [0.717, 1.165) is 0 Å². The van der Waals surface area contributed by atoms with E-state index >= 15 is 0 Å². The maximum absolute atomic E-state index is 11.9. The standard InChI is InChI=1S/C11H18N2O3/c1-7(2)9(10(14)15)13-6-5-12(8(3)4)11(13)16/h5-9H,1-4H3,(H,14,15). The molecular formula is C11H18N2O3. The lowest BCUT2D eigenvalue weighted by atomic mass is 10.1. The van der Waals surface area contributed by atoms with Crippen molar-refractivity contribution >= 4 is 5.97 Å². The summed E-state index contributed by atoms with van der Waals surface area (Å²) in [6.45, 7) is 7.35. The fraction of sp³-hybridized carbons (Fsp3) is 0.636. The number of nitrogens with zero attached hydrogens (tertiary/aromatic N) is 2. The normalized spacial score (nSPS) is 13.4. The van der Waals surface area contributed by atoms with Gasteiger partial charge in [0.2, 0.25) is 0 Å². The number of imidazole rings is 1. The average Bonchev–Trinajstić information content (AvgIpc) is 2.47. The number of hydrogen-bond acceptors (Lipinski definition) is 2. The van der Waals surface area contributed by atoms with Gasteiger partial charge in [-0.3, -0.25) is 9.13 Å². The number of hydrogen-bond donors (Lipinski definition) is 1. The molecule has 5 nitrogen and oxygen atoms in total. The van der Waals surface area contributed by atoms with E-state index in [-0.39, 0.29) is 17.6 Å². The quantitative estimate of drug-likeness (QED) is 0.846. The van der Waals surface area contributed by atoms with Crippen molar-refractivity contribution in [1.29, 1.82) is 0 Å². The fourth-order valence-corrected chi connectivity index (χ4v) is 1.73. The van der Waals surface area contributed by atoms with Crippen molar-refractivity contribution in [3.05, 3.63) is 22.9 Å². The van der Waals surface area contributed by atoms with E-state index in [1.165, 1.54) is 9.13 Å². The van der Waals surface area contributed by atoms with Crippen LogP contribution in [0.5, 0.6) is 0 Å². The third-order valence-electron chi connectivity index (χ3n) is 2.57. The number of carboxylic acid groups (broad SMARTS) is 1. The summed E-state index contributed by atoms with van der Waals surface area (Å²) in [7, 11) is 0. The Hall–Kier alpha value is -1.52. The van der Waals surface area contributed by atoms with Gasteiger partial charge in [0.15, 0.2) is 0 Å². The third kappa shape index (κ3) is 2.18. The summed E-state index contributed by atoms with van der Waals surface area (Å²) in [5, 5.41) is 9.10. The molecule has 0 aliphatic rings. The molecule has 0 amide bonds. The zero-order chi connectivity index (χ0) is 12.5. The van der Waals surface area contributed by atoms with Crippen LogP contribution in [0.4, 0.5) is 0 Å². The number of aromatic nitrogens is 2. The van der Waals surface area contributed by atoms with Gasteiger partial charge < -0.3 is 5.11 Å². The van der Waals surface area contributed by atoms with Gasteiger partial charge in [-0.2, -0.15) is 0 Å². The van der Waals surface area contributed by atoms with E-state index in [9.17, 15) is 9.59 Å². The van der Waals surface area contributed by atoms with Crippen LogP contribution in [0, 0.1) is 5.92 Å². The summed E-state index contributed by atoms with van der Waals surface area (Å²) in [4.78, 5) is 23.0. The Morgan fingerprint density at radius 3 is 2.00 bits per heavy atom. The highest BCUT2D eigenvalue weighted by Crippen LogP contribution is 2.16. The molecule has 0 saturated carbocycles. The molecule has 90 valence electrons. The van der Waals surface area contributed by atoms with Crippen molar-refractivity contribution in [3.8, 4) is 0 Å². The molecule has 1 N–H and O–H groups in total. The Kier molecular flexibility index (Phi) is 3.57. The highest BCUT2D eigenvalue weighted by atomic mass is 16.4. The Balaban J connectivity index is 3.22. The van der Waals surface area contributed by atoms with Gasteiger partial charge in [-0.25, -0.2) is 9.59 Å². The molecule has 1 rings (SSSR count). The number of rotatable bonds is 4. The first-order chi connectivity index (χ1) is 7.36. The van der Waals surface area contributed by atoms with Crippen LogP contribution in [-0.4, -0.2) is 20.2 Å². The zero-order valence-corrected chi connectivity index (χ0v) is 10.0. The first-order valence-corrected chi connectivity index (χ1v) is 5.38. The molecule has 0 saturated heterocycles. The van der Waals surface area contributed by atoms with Crippen molar-refractivity contribution in [1.82, 2.24) is 9.13 Å². The van der Waals surface area contributed by atoms with Crippen LogP contribution in [0.2, 0.25) is 0 Å². The molecule has 0 aliphatic carbocycles. The molecule has 0 aromatic carbocycles. The van der Waals surface area contributed by atoms with Crippen LogP contribution in [-0.2, 0) is 4.79 Å². The van der Waals surface area contributed by atoms with Gasteiger partial charge in [0.1, 0.15) is 6.04 Å². The predicted molar refractivity (Wildman–Crippen MR) is 60.6 cm³/mol. The summed E-state index contributed by atoms with van der Waals surface area (Å²) in [5.41, 5.74) is -0.267.